The molecule has 1 aromatic rings. The molecule has 0 unspecified atom stereocenters. The summed E-state index contributed by atoms with van der Waals surface area (Å²) in [7, 11) is 0. The Labute approximate surface area is 116 Å². The molecule has 0 aliphatic heterocycles. The van der Waals surface area contributed by atoms with Gasteiger partial charge in [-0.3, -0.25) is 4.79 Å². The zero-order chi connectivity index (χ0) is 13.7. The van der Waals surface area contributed by atoms with Crippen LogP contribution < -0.4 is 10.5 Å². The van der Waals surface area contributed by atoms with Crippen LogP contribution in [0.15, 0.2) is 16.6 Å². The number of nitrogen functional groups attached to an aromatic ring is 1. The number of rotatable bonds is 6. The molecule has 0 saturated carbocycles. The molecular formula is C13H18BrNO3. The number of hydrogen-bond donors (Lipinski definition) is 1. The van der Waals surface area contributed by atoms with Crippen molar-refractivity contribution < 1.29 is 14.3 Å². The van der Waals surface area contributed by atoms with Crippen molar-refractivity contribution >= 4 is 27.4 Å². The van der Waals surface area contributed by atoms with Gasteiger partial charge in [-0.1, -0.05) is 15.9 Å². The molecule has 18 heavy (non-hydrogen) atoms. The van der Waals surface area contributed by atoms with Gasteiger partial charge in [0.25, 0.3) is 0 Å². The first-order valence-corrected chi connectivity index (χ1v) is 6.55. The van der Waals surface area contributed by atoms with E-state index in [2.05, 4.69) is 15.9 Å². The van der Waals surface area contributed by atoms with Crippen molar-refractivity contribution in [2.24, 2.45) is 0 Å². The molecule has 1 rings (SSSR count). The molecule has 0 bridgehead atoms. The number of halogens is 1. The number of carbonyl (C=O) groups excluding carboxylic acids is 1. The molecule has 0 spiro atoms. The van der Waals surface area contributed by atoms with Crippen LogP contribution >= 0.6 is 15.9 Å². The molecule has 0 fully saturated rings. The number of hydrogen-bond acceptors (Lipinski definition) is 4. The summed E-state index contributed by atoms with van der Waals surface area (Å²) >= 11 is 3.30. The molecule has 100 valence electrons. The maximum absolute atomic E-state index is 11.5. The summed E-state index contributed by atoms with van der Waals surface area (Å²) in [5, 5.41) is 0. The summed E-state index contributed by atoms with van der Waals surface area (Å²) in [6, 6.07) is 3.42. The maximum atomic E-state index is 11.5. The summed E-state index contributed by atoms with van der Waals surface area (Å²) in [4.78, 5) is 11.5. The molecule has 0 heterocycles. The molecule has 0 atom stereocenters. The van der Waals surface area contributed by atoms with Gasteiger partial charge in [0, 0.05) is 4.47 Å². The van der Waals surface area contributed by atoms with Crippen LogP contribution in [-0.2, 0) is 4.74 Å². The van der Waals surface area contributed by atoms with E-state index in [4.69, 9.17) is 15.2 Å². The van der Waals surface area contributed by atoms with Gasteiger partial charge < -0.3 is 15.2 Å². The first-order chi connectivity index (χ1) is 8.41. The van der Waals surface area contributed by atoms with Crippen molar-refractivity contribution in [2.45, 2.75) is 26.9 Å². The summed E-state index contributed by atoms with van der Waals surface area (Å²) in [5.41, 5.74) is 6.78. The van der Waals surface area contributed by atoms with Gasteiger partial charge in [0.05, 0.1) is 24.0 Å². The molecule has 0 saturated heterocycles. The largest absolute Gasteiger partial charge is 0.488 e. The van der Waals surface area contributed by atoms with Crippen molar-refractivity contribution in [3.63, 3.8) is 0 Å². The lowest BCUT2D eigenvalue weighted by Gasteiger charge is -2.14. The van der Waals surface area contributed by atoms with Crippen molar-refractivity contribution in [3.05, 3.63) is 22.2 Å². The van der Waals surface area contributed by atoms with E-state index in [-0.39, 0.29) is 11.9 Å². The third-order valence-corrected chi connectivity index (χ3v) is 2.70. The second kappa shape index (κ2) is 6.75. The highest BCUT2D eigenvalue weighted by atomic mass is 79.9. The van der Waals surface area contributed by atoms with Crippen molar-refractivity contribution in [3.8, 4) is 5.75 Å². The Kier molecular flexibility index (Phi) is 5.62. The highest BCUT2D eigenvalue weighted by Gasteiger charge is 2.13. The molecule has 0 aliphatic rings. The van der Waals surface area contributed by atoms with Crippen LogP contribution in [0.2, 0.25) is 0 Å². The van der Waals surface area contributed by atoms with Gasteiger partial charge >= 0.3 is 0 Å². The maximum Gasteiger partial charge on any atom is 0.163 e. The van der Waals surface area contributed by atoms with Crippen molar-refractivity contribution in [2.75, 3.05) is 18.9 Å². The molecule has 0 radical (unpaired) electrons. The van der Waals surface area contributed by atoms with Gasteiger partial charge in [-0.25, -0.2) is 0 Å². The minimum atomic E-state index is -0.0808. The van der Waals surface area contributed by atoms with Crippen molar-refractivity contribution in [1.29, 1.82) is 0 Å². The lowest BCUT2D eigenvalue weighted by molar-refractivity contribution is 0.0551. The van der Waals surface area contributed by atoms with Crippen LogP contribution in [0, 0.1) is 0 Å². The summed E-state index contributed by atoms with van der Waals surface area (Å²) in [6.45, 7) is 6.22. The van der Waals surface area contributed by atoms with E-state index in [9.17, 15) is 4.79 Å². The smallest absolute Gasteiger partial charge is 0.163 e. The Balaban J connectivity index is 2.77. The topological polar surface area (TPSA) is 61.6 Å². The number of anilines is 1. The zero-order valence-electron chi connectivity index (χ0n) is 10.8. The second-order valence-corrected chi connectivity index (χ2v) is 5.11. The van der Waals surface area contributed by atoms with E-state index in [1.54, 1.807) is 12.1 Å². The van der Waals surface area contributed by atoms with E-state index in [0.29, 0.717) is 30.2 Å². The van der Waals surface area contributed by atoms with Crippen LogP contribution in [0.4, 0.5) is 5.69 Å². The molecular weight excluding hydrogens is 298 g/mol. The highest BCUT2D eigenvalue weighted by Crippen LogP contribution is 2.31. The van der Waals surface area contributed by atoms with Gasteiger partial charge in [0.15, 0.2) is 11.5 Å². The predicted octanol–water partition coefficient (Wildman–Crippen LogP) is 3.04. The van der Waals surface area contributed by atoms with Crippen molar-refractivity contribution in [1.82, 2.24) is 0 Å². The molecule has 5 heteroatoms. The lowest BCUT2D eigenvalue weighted by Crippen LogP contribution is -2.13. The number of benzene rings is 1. The van der Waals surface area contributed by atoms with Crippen LogP contribution in [0.5, 0.6) is 5.75 Å². The predicted molar refractivity (Wildman–Crippen MR) is 75.1 cm³/mol. The molecule has 1 aromatic carbocycles. The van der Waals surface area contributed by atoms with Crippen LogP contribution in [0.3, 0.4) is 0 Å². The molecule has 0 aromatic heterocycles. The number of nitrogens with two attached hydrogens (primary N) is 1. The summed E-state index contributed by atoms with van der Waals surface area (Å²) in [6.07, 6.45) is 0.156. The molecule has 0 aliphatic carbocycles. The van der Waals surface area contributed by atoms with E-state index in [0.717, 1.165) is 4.47 Å². The fourth-order valence-electron chi connectivity index (χ4n) is 1.46. The van der Waals surface area contributed by atoms with E-state index in [1.807, 2.05) is 13.8 Å². The number of ketones is 1. The van der Waals surface area contributed by atoms with Crippen LogP contribution in [0.25, 0.3) is 0 Å². The second-order valence-electron chi connectivity index (χ2n) is 4.20. The molecule has 2 N–H and O–H groups in total. The Morgan fingerprint density at radius 1 is 1.39 bits per heavy atom. The van der Waals surface area contributed by atoms with Gasteiger partial charge in [0.2, 0.25) is 0 Å². The third-order valence-electron chi connectivity index (χ3n) is 2.24. The number of carbonyl (C=O) groups is 1. The average Bonchev–Trinajstić information content (AvgIpc) is 2.25. The highest BCUT2D eigenvalue weighted by molar-refractivity contribution is 9.10. The average molecular weight is 316 g/mol. The van der Waals surface area contributed by atoms with Crippen LogP contribution in [-0.4, -0.2) is 25.1 Å². The first-order valence-electron chi connectivity index (χ1n) is 5.76. The van der Waals surface area contributed by atoms with Crippen LogP contribution in [0.1, 0.15) is 31.1 Å². The fraction of sp³-hybridized carbons (Fsp3) is 0.462. The summed E-state index contributed by atoms with van der Waals surface area (Å²) < 4.78 is 11.7. The molecule has 4 nitrogen and oxygen atoms in total. The fourth-order valence-corrected chi connectivity index (χ4v) is 1.94. The minimum absolute atomic E-state index is 0.0808. The van der Waals surface area contributed by atoms with E-state index in [1.165, 1.54) is 6.92 Å². The van der Waals surface area contributed by atoms with E-state index >= 15 is 0 Å². The number of Topliss-reactive ketones (excluding diaryl/α,β-unsaturated/α-hetero) is 1. The molecule has 0 amide bonds. The summed E-state index contributed by atoms with van der Waals surface area (Å²) in [5.74, 6) is 0.348. The minimum Gasteiger partial charge on any atom is -0.488 e. The monoisotopic (exact) mass is 315 g/mol. The third kappa shape index (κ3) is 4.31. The van der Waals surface area contributed by atoms with Gasteiger partial charge in [-0.15, -0.1) is 0 Å². The Morgan fingerprint density at radius 3 is 2.61 bits per heavy atom. The SMILES string of the molecule is CC(=O)c1cc(Br)cc(N)c1OCCOC(C)C. The standard InChI is InChI=1S/C13H18BrNO3/c1-8(2)17-4-5-18-13-11(9(3)16)6-10(14)7-12(13)15/h6-8H,4-5,15H2,1-3H3. The number of ether oxygens (including phenoxy) is 2. The normalized spacial score (nSPS) is 10.7. The Hall–Kier alpha value is -1.07. The Bertz CT molecular complexity index is 432. The van der Waals surface area contributed by atoms with Gasteiger partial charge in [0.1, 0.15) is 6.61 Å². The zero-order valence-corrected chi connectivity index (χ0v) is 12.4. The van der Waals surface area contributed by atoms with Gasteiger partial charge in [-0.2, -0.15) is 0 Å². The van der Waals surface area contributed by atoms with Gasteiger partial charge in [-0.05, 0) is 32.9 Å². The quantitative estimate of drug-likeness (QED) is 0.498. The first kappa shape index (κ1) is 15.0. The van der Waals surface area contributed by atoms with E-state index < -0.39 is 0 Å². The lowest BCUT2D eigenvalue weighted by atomic mass is 10.1. The Morgan fingerprint density at radius 2 is 2.06 bits per heavy atom.